The highest BCUT2D eigenvalue weighted by atomic mass is 32.2. The Hall–Kier alpha value is -1.92. The minimum Gasteiger partial charge on any atom is -0.487 e. The lowest BCUT2D eigenvalue weighted by molar-refractivity contribution is 0.297. The van der Waals surface area contributed by atoms with Gasteiger partial charge in [0, 0.05) is 31.1 Å². The van der Waals surface area contributed by atoms with Crippen LogP contribution >= 0.6 is 0 Å². The molecule has 0 radical (unpaired) electrons. The van der Waals surface area contributed by atoms with Gasteiger partial charge >= 0.3 is 0 Å². The molecular formula is C16H20N2O3S. The van der Waals surface area contributed by atoms with Crippen molar-refractivity contribution in [3.05, 3.63) is 59.9 Å². The number of hydrogen-bond acceptors (Lipinski definition) is 5. The van der Waals surface area contributed by atoms with Gasteiger partial charge in [0.2, 0.25) is 0 Å². The van der Waals surface area contributed by atoms with Crippen molar-refractivity contribution in [3.8, 4) is 5.75 Å². The maximum Gasteiger partial charge on any atom is 0.148 e. The van der Waals surface area contributed by atoms with E-state index in [4.69, 9.17) is 4.74 Å². The van der Waals surface area contributed by atoms with Gasteiger partial charge in [-0.05, 0) is 18.2 Å². The van der Waals surface area contributed by atoms with Crippen molar-refractivity contribution >= 4 is 9.84 Å². The minimum atomic E-state index is -2.94. The average molecular weight is 320 g/mol. The Balaban J connectivity index is 1.89. The Bertz CT molecular complexity index is 688. The van der Waals surface area contributed by atoms with Crippen LogP contribution in [0.4, 0.5) is 0 Å². The summed E-state index contributed by atoms with van der Waals surface area (Å²) in [5.74, 6) is 0.907. The molecule has 0 fully saturated rings. The summed E-state index contributed by atoms with van der Waals surface area (Å²) in [6.45, 7) is 1.39. The van der Waals surface area contributed by atoms with Crippen molar-refractivity contribution in [2.75, 3.05) is 18.6 Å². The molecule has 2 rings (SSSR count). The van der Waals surface area contributed by atoms with Gasteiger partial charge in [0.1, 0.15) is 22.2 Å². The van der Waals surface area contributed by atoms with E-state index >= 15 is 0 Å². The second-order valence-corrected chi connectivity index (χ2v) is 7.28. The van der Waals surface area contributed by atoms with E-state index in [9.17, 15) is 8.42 Å². The molecule has 1 heterocycles. The van der Waals surface area contributed by atoms with Gasteiger partial charge < -0.3 is 10.1 Å². The smallest absolute Gasteiger partial charge is 0.148 e. The van der Waals surface area contributed by atoms with Crippen molar-refractivity contribution in [2.24, 2.45) is 0 Å². The highest BCUT2D eigenvalue weighted by molar-refractivity contribution is 7.90. The Kier molecular flexibility index (Phi) is 5.91. The SMILES string of the molecule is CS(=O)(=O)CCNCc1ccccc1OCc1ccccn1. The van der Waals surface area contributed by atoms with Crippen LogP contribution in [0.15, 0.2) is 48.7 Å². The third-order valence-electron chi connectivity index (χ3n) is 3.04. The van der Waals surface area contributed by atoms with Crippen molar-refractivity contribution in [1.82, 2.24) is 10.3 Å². The van der Waals surface area contributed by atoms with Crippen LogP contribution in [0, 0.1) is 0 Å². The molecule has 0 atom stereocenters. The Morgan fingerprint density at radius 3 is 2.64 bits per heavy atom. The van der Waals surface area contributed by atoms with Crippen LogP contribution in [0.25, 0.3) is 0 Å². The molecule has 118 valence electrons. The standard InChI is InChI=1S/C16H20N2O3S/c1-22(19,20)11-10-17-12-14-6-2-3-8-16(14)21-13-15-7-4-5-9-18-15/h2-9,17H,10-13H2,1H3. The lowest BCUT2D eigenvalue weighted by Gasteiger charge is -2.12. The molecule has 1 aromatic carbocycles. The van der Waals surface area contributed by atoms with Crippen LogP contribution in [0.2, 0.25) is 0 Å². The second-order valence-electron chi connectivity index (χ2n) is 5.02. The molecule has 0 aliphatic carbocycles. The molecule has 1 aromatic heterocycles. The summed E-state index contributed by atoms with van der Waals surface area (Å²) < 4.78 is 28.0. The first-order valence-electron chi connectivity index (χ1n) is 7.04. The second kappa shape index (κ2) is 7.91. The summed E-state index contributed by atoms with van der Waals surface area (Å²) in [7, 11) is -2.94. The number of nitrogens with one attached hydrogen (secondary N) is 1. The lowest BCUT2D eigenvalue weighted by Crippen LogP contribution is -2.22. The summed E-state index contributed by atoms with van der Waals surface area (Å²) in [5, 5.41) is 3.12. The fourth-order valence-electron chi connectivity index (χ4n) is 1.91. The molecule has 0 aliphatic heterocycles. The lowest BCUT2D eigenvalue weighted by atomic mass is 10.2. The zero-order valence-corrected chi connectivity index (χ0v) is 13.3. The normalized spacial score (nSPS) is 11.3. The van der Waals surface area contributed by atoms with Gasteiger partial charge in [-0.1, -0.05) is 24.3 Å². The molecule has 6 heteroatoms. The number of sulfone groups is 1. The van der Waals surface area contributed by atoms with E-state index in [1.54, 1.807) is 6.20 Å². The first kappa shape index (κ1) is 16.5. The van der Waals surface area contributed by atoms with E-state index in [1.807, 2.05) is 42.5 Å². The molecule has 0 spiro atoms. The number of hydrogen-bond donors (Lipinski definition) is 1. The highest BCUT2D eigenvalue weighted by Gasteiger charge is 2.05. The van der Waals surface area contributed by atoms with Crippen LogP contribution in [0.1, 0.15) is 11.3 Å². The summed E-state index contributed by atoms with van der Waals surface area (Å²) in [6, 6.07) is 13.4. The quantitative estimate of drug-likeness (QED) is 0.751. The fraction of sp³-hybridized carbons (Fsp3) is 0.312. The fourth-order valence-corrected chi connectivity index (χ4v) is 2.42. The first-order chi connectivity index (χ1) is 10.5. The molecule has 0 amide bonds. The van der Waals surface area contributed by atoms with E-state index < -0.39 is 9.84 Å². The summed E-state index contributed by atoms with van der Waals surface area (Å²) >= 11 is 0. The monoisotopic (exact) mass is 320 g/mol. The third kappa shape index (κ3) is 5.83. The van der Waals surface area contributed by atoms with Crippen LogP contribution in [0.5, 0.6) is 5.75 Å². The number of benzene rings is 1. The van der Waals surface area contributed by atoms with Crippen molar-refractivity contribution in [1.29, 1.82) is 0 Å². The molecule has 0 aliphatic rings. The zero-order valence-electron chi connectivity index (χ0n) is 12.5. The largest absolute Gasteiger partial charge is 0.487 e. The number of aromatic nitrogens is 1. The van der Waals surface area contributed by atoms with Crippen LogP contribution in [-0.2, 0) is 23.0 Å². The highest BCUT2D eigenvalue weighted by Crippen LogP contribution is 2.18. The molecule has 0 saturated carbocycles. The summed E-state index contributed by atoms with van der Waals surface area (Å²) in [5.41, 5.74) is 1.86. The van der Waals surface area contributed by atoms with Gasteiger partial charge in [0.25, 0.3) is 0 Å². The van der Waals surface area contributed by atoms with Crippen LogP contribution in [0.3, 0.4) is 0 Å². The van der Waals surface area contributed by atoms with Crippen molar-refractivity contribution in [3.63, 3.8) is 0 Å². The van der Waals surface area contributed by atoms with E-state index in [-0.39, 0.29) is 5.75 Å². The molecular weight excluding hydrogens is 300 g/mol. The van der Waals surface area contributed by atoms with Gasteiger partial charge in [-0.2, -0.15) is 0 Å². The molecule has 0 unspecified atom stereocenters. The summed E-state index contributed by atoms with van der Waals surface area (Å²) in [4.78, 5) is 4.22. The zero-order chi connectivity index (χ0) is 15.8. The number of ether oxygens (including phenoxy) is 1. The number of nitrogens with zero attached hydrogens (tertiary/aromatic N) is 1. The molecule has 0 saturated heterocycles. The Morgan fingerprint density at radius 2 is 1.91 bits per heavy atom. The summed E-state index contributed by atoms with van der Waals surface area (Å²) in [6.07, 6.45) is 2.97. The van der Waals surface area contributed by atoms with E-state index in [0.29, 0.717) is 19.7 Å². The predicted octanol–water partition coefficient (Wildman–Crippen LogP) is 1.79. The predicted molar refractivity (Wildman–Crippen MR) is 86.4 cm³/mol. The number of pyridine rings is 1. The van der Waals surface area contributed by atoms with E-state index in [2.05, 4.69) is 10.3 Å². The first-order valence-corrected chi connectivity index (χ1v) is 9.10. The maximum absolute atomic E-state index is 11.1. The third-order valence-corrected chi connectivity index (χ3v) is 3.99. The average Bonchev–Trinajstić information content (AvgIpc) is 2.50. The van der Waals surface area contributed by atoms with Gasteiger partial charge in [-0.25, -0.2) is 8.42 Å². The van der Waals surface area contributed by atoms with Gasteiger partial charge in [0.15, 0.2) is 0 Å². The molecule has 5 nitrogen and oxygen atoms in total. The van der Waals surface area contributed by atoms with Crippen molar-refractivity contribution < 1.29 is 13.2 Å². The molecule has 1 N–H and O–H groups in total. The van der Waals surface area contributed by atoms with Crippen molar-refractivity contribution in [2.45, 2.75) is 13.2 Å². The topological polar surface area (TPSA) is 68.3 Å². The van der Waals surface area contributed by atoms with E-state index in [1.165, 1.54) is 6.26 Å². The molecule has 2 aromatic rings. The number of rotatable bonds is 8. The Morgan fingerprint density at radius 1 is 1.14 bits per heavy atom. The Labute approximate surface area is 131 Å². The van der Waals surface area contributed by atoms with Gasteiger partial charge in [-0.3, -0.25) is 4.98 Å². The van der Waals surface area contributed by atoms with Crippen LogP contribution in [-0.4, -0.2) is 32.0 Å². The minimum absolute atomic E-state index is 0.129. The van der Waals surface area contributed by atoms with E-state index in [0.717, 1.165) is 17.0 Å². The molecule has 22 heavy (non-hydrogen) atoms. The van der Waals surface area contributed by atoms with Gasteiger partial charge in [0.05, 0.1) is 11.4 Å². The van der Waals surface area contributed by atoms with Gasteiger partial charge in [-0.15, -0.1) is 0 Å². The maximum atomic E-state index is 11.1. The molecule has 0 bridgehead atoms. The number of para-hydroxylation sites is 1. The van der Waals surface area contributed by atoms with Crippen LogP contribution < -0.4 is 10.1 Å².